The molecule has 3 heteroatoms. The molecule has 0 aliphatic heterocycles. The van der Waals surface area contributed by atoms with Crippen molar-refractivity contribution in [1.29, 1.82) is 0 Å². The zero-order valence-electron chi connectivity index (χ0n) is 27.4. The van der Waals surface area contributed by atoms with E-state index in [1.54, 1.807) is 0 Å². The van der Waals surface area contributed by atoms with Crippen LogP contribution in [0.4, 0.5) is 5.69 Å². The van der Waals surface area contributed by atoms with Gasteiger partial charge in [0.1, 0.15) is 11.7 Å². The van der Waals surface area contributed by atoms with Crippen LogP contribution >= 0.6 is 0 Å². The molecule has 0 heterocycles. The third-order valence-corrected chi connectivity index (χ3v) is 8.29. The highest BCUT2D eigenvalue weighted by molar-refractivity contribution is 6.08. The van der Waals surface area contributed by atoms with Crippen molar-refractivity contribution in [3.8, 4) is 0 Å². The molecule has 0 bridgehead atoms. The predicted octanol–water partition coefficient (Wildman–Crippen LogP) is 11.3. The number of Topliss-reactive ketones (excluding diaryl/α,β-unsaturated/α-hetero) is 1. The maximum Gasteiger partial charge on any atom is 0.235 e. The summed E-state index contributed by atoms with van der Waals surface area (Å²) in [5.74, 6) is -0.241. The van der Waals surface area contributed by atoms with Crippen LogP contribution in [0.3, 0.4) is 0 Å². The quantitative estimate of drug-likeness (QED) is 0.0865. The number of hydrogen-bond donors (Lipinski definition) is 1. The lowest BCUT2D eigenvalue weighted by atomic mass is 9.89. The molecule has 42 heavy (non-hydrogen) atoms. The fraction of sp³-hybridized carbons (Fsp3) is 0.590. The molecule has 0 radical (unpaired) electrons. The molecule has 232 valence electrons. The van der Waals surface area contributed by atoms with Crippen molar-refractivity contribution in [1.82, 2.24) is 0 Å². The van der Waals surface area contributed by atoms with Gasteiger partial charge < -0.3 is 5.32 Å². The smallest absolute Gasteiger partial charge is 0.235 e. The molecule has 2 aromatic rings. The van der Waals surface area contributed by atoms with E-state index in [9.17, 15) is 9.59 Å². The van der Waals surface area contributed by atoms with Gasteiger partial charge in [-0.3, -0.25) is 9.59 Å². The van der Waals surface area contributed by atoms with E-state index in [2.05, 4.69) is 70.3 Å². The monoisotopic (exact) mass is 573 g/mol. The van der Waals surface area contributed by atoms with Gasteiger partial charge in [0.2, 0.25) is 5.91 Å². The minimum absolute atomic E-state index is 0.0575. The lowest BCUT2D eigenvalue weighted by molar-refractivity contribution is -0.131. The van der Waals surface area contributed by atoms with Gasteiger partial charge in [0.05, 0.1) is 0 Å². The summed E-state index contributed by atoms with van der Waals surface area (Å²) in [6.07, 6.45) is 21.6. The summed E-state index contributed by atoms with van der Waals surface area (Å²) in [7, 11) is 0. The number of amides is 1. The molecule has 0 aliphatic carbocycles. The van der Waals surface area contributed by atoms with E-state index in [0.29, 0.717) is 12.8 Å². The molecule has 2 aromatic carbocycles. The first-order valence-electron chi connectivity index (χ1n) is 17.0. The van der Waals surface area contributed by atoms with Crippen molar-refractivity contribution in [2.24, 2.45) is 5.92 Å². The van der Waals surface area contributed by atoms with Crippen molar-refractivity contribution in [2.45, 2.75) is 143 Å². The molecule has 1 unspecified atom stereocenters. The summed E-state index contributed by atoms with van der Waals surface area (Å²) in [4.78, 5) is 27.2. The SMILES string of the molecule is CCCCCCCC/C=C\CCCCCCCC(=O)C(Cc1ccccc1)C(=O)Nc1c(C(C)C)cccc1C(C)C. The lowest BCUT2D eigenvalue weighted by Gasteiger charge is -2.23. The minimum Gasteiger partial charge on any atom is -0.325 e. The molecule has 0 saturated carbocycles. The largest absolute Gasteiger partial charge is 0.325 e. The zero-order chi connectivity index (χ0) is 30.6. The summed E-state index contributed by atoms with van der Waals surface area (Å²) in [6, 6.07) is 16.2. The van der Waals surface area contributed by atoms with Crippen LogP contribution in [-0.2, 0) is 16.0 Å². The maximum absolute atomic E-state index is 13.7. The molecular formula is C39H59NO2. The molecule has 1 atom stereocenters. The van der Waals surface area contributed by atoms with Gasteiger partial charge in [-0.05, 0) is 67.1 Å². The Balaban J connectivity index is 1.85. The van der Waals surface area contributed by atoms with E-state index in [4.69, 9.17) is 0 Å². The Bertz CT molecular complexity index is 1030. The summed E-state index contributed by atoms with van der Waals surface area (Å²) in [6.45, 7) is 10.9. The van der Waals surface area contributed by atoms with E-state index in [1.807, 2.05) is 30.3 Å². The fourth-order valence-electron chi connectivity index (χ4n) is 5.65. The number of benzene rings is 2. The van der Waals surface area contributed by atoms with Crippen LogP contribution in [0.2, 0.25) is 0 Å². The zero-order valence-corrected chi connectivity index (χ0v) is 27.4. The summed E-state index contributed by atoms with van der Waals surface area (Å²) in [5, 5.41) is 3.23. The average molecular weight is 574 g/mol. The van der Waals surface area contributed by atoms with Gasteiger partial charge in [0.25, 0.3) is 0 Å². The van der Waals surface area contributed by atoms with Gasteiger partial charge in [-0.25, -0.2) is 0 Å². The van der Waals surface area contributed by atoms with Crippen LogP contribution in [0.5, 0.6) is 0 Å². The number of ketones is 1. The Morgan fingerprint density at radius 2 is 1.19 bits per heavy atom. The molecule has 0 saturated heterocycles. The highest BCUT2D eigenvalue weighted by Gasteiger charge is 2.28. The van der Waals surface area contributed by atoms with E-state index >= 15 is 0 Å². The van der Waals surface area contributed by atoms with Crippen LogP contribution in [0.15, 0.2) is 60.7 Å². The molecule has 0 aromatic heterocycles. The first-order valence-corrected chi connectivity index (χ1v) is 17.0. The standard InChI is InChI=1S/C39H59NO2/c1-6-7-8-9-10-11-12-13-14-15-16-17-18-19-23-29-37(41)36(30-33-25-21-20-22-26-33)39(42)40-38-34(31(2)3)27-24-28-35(38)32(4)5/h13-14,20-22,24-28,31-32,36H,6-12,15-19,23,29-30H2,1-5H3,(H,40,42)/b14-13-. The third-order valence-electron chi connectivity index (χ3n) is 8.29. The number of carbonyl (C=O) groups is 2. The number of carbonyl (C=O) groups excluding carboxylic acids is 2. The second-order valence-corrected chi connectivity index (χ2v) is 12.7. The van der Waals surface area contributed by atoms with E-state index < -0.39 is 5.92 Å². The number of hydrogen-bond acceptors (Lipinski definition) is 2. The fourth-order valence-corrected chi connectivity index (χ4v) is 5.65. The minimum atomic E-state index is -0.676. The molecule has 3 nitrogen and oxygen atoms in total. The predicted molar refractivity (Wildman–Crippen MR) is 181 cm³/mol. The summed E-state index contributed by atoms with van der Waals surface area (Å²) in [5.41, 5.74) is 4.16. The molecule has 0 aliphatic rings. The molecule has 2 rings (SSSR count). The Labute approximate surface area is 258 Å². The summed E-state index contributed by atoms with van der Waals surface area (Å²) >= 11 is 0. The van der Waals surface area contributed by atoms with Gasteiger partial charge in [0, 0.05) is 12.1 Å². The molecular weight excluding hydrogens is 514 g/mol. The van der Waals surface area contributed by atoms with Gasteiger partial charge >= 0.3 is 0 Å². The molecule has 1 N–H and O–H groups in total. The van der Waals surface area contributed by atoms with Crippen molar-refractivity contribution in [3.05, 3.63) is 77.4 Å². The maximum atomic E-state index is 13.7. The van der Waals surface area contributed by atoms with Gasteiger partial charge in [0.15, 0.2) is 0 Å². The Morgan fingerprint density at radius 3 is 1.74 bits per heavy atom. The van der Waals surface area contributed by atoms with Crippen LogP contribution in [-0.4, -0.2) is 11.7 Å². The highest BCUT2D eigenvalue weighted by Crippen LogP contribution is 2.33. The molecule has 1 amide bonds. The number of unbranched alkanes of at least 4 members (excludes halogenated alkanes) is 11. The lowest BCUT2D eigenvalue weighted by Crippen LogP contribution is -2.32. The van der Waals surface area contributed by atoms with Crippen LogP contribution < -0.4 is 5.32 Å². The van der Waals surface area contributed by atoms with Crippen LogP contribution in [0.25, 0.3) is 0 Å². The number of anilines is 1. The average Bonchev–Trinajstić information content (AvgIpc) is 2.98. The van der Waals surface area contributed by atoms with Crippen molar-refractivity contribution in [3.63, 3.8) is 0 Å². The Kier molecular flexibility index (Phi) is 17.8. The van der Waals surface area contributed by atoms with Crippen LogP contribution in [0, 0.1) is 5.92 Å². The molecule has 0 fully saturated rings. The highest BCUT2D eigenvalue weighted by atomic mass is 16.2. The Hall–Kier alpha value is -2.68. The van der Waals surface area contributed by atoms with Gasteiger partial charge in [-0.1, -0.05) is 147 Å². The topological polar surface area (TPSA) is 46.2 Å². The number of rotatable bonds is 22. The first kappa shape index (κ1) is 35.5. The second kappa shape index (κ2) is 21.1. The Morgan fingerprint density at radius 1 is 0.667 bits per heavy atom. The van der Waals surface area contributed by atoms with E-state index in [0.717, 1.165) is 48.1 Å². The second-order valence-electron chi connectivity index (χ2n) is 12.7. The van der Waals surface area contributed by atoms with Gasteiger partial charge in [-0.2, -0.15) is 0 Å². The van der Waals surface area contributed by atoms with Crippen LogP contribution in [0.1, 0.15) is 153 Å². The van der Waals surface area contributed by atoms with Crippen molar-refractivity contribution < 1.29 is 9.59 Å². The number of para-hydroxylation sites is 1. The third kappa shape index (κ3) is 13.5. The van der Waals surface area contributed by atoms with Crippen molar-refractivity contribution >= 4 is 17.4 Å². The normalized spacial score (nSPS) is 12.4. The molecule has 0 spiro atoms. The van der Waals surface area contributed by atoms with E-state index in [-0.39, 0.29) is 23.5 Å². The first-order chi connectivity index (χ1) is 20.3. The number of nitrogens with one attached hydrogen (secondary N) is 1. The van der Waals surface area contributed by atoms with Gasteiger partial charge in [-0.15, -0.1) is 0 Å². The summed E-state index contributed by atoms with van der Waals surface area (Å²) < 4.78 is 0. The number of allylic oxidation sites excluding steroid dienone is 2. The van der Waals surface area contributed by atoms with Crippen molar-refractivity contribution in [2.75, 3.05) is 5.32 Å². The van der Waals surface area contributed by atoms with E-state index in [1.165, 1.54) is 57.8 Å².